The molecule has 1 aromatic carbocycles. The van der Waals surface area contributed by atoms with Gasteiger partial charge in [0.2, 0.25) is 5.91 Å². The Bertz CT molecular complexity index is 477. The van der Waals surface area contributed by atoms with Crippen LogP contribution in [0.4, 0.5) is 0 Å². The van der Waals surface area contributed by atoms with Crippen molar-refractivity contribution in [2.75, 3.05) is 6.61 Å². The molecule has 0 aromatic heterocycles. The number of benzene rings is 1. The minimum absolute atomic E-state index is 0.00769. The molecular weight excluding hydrogens is 276 g/mol. The van der Waals surface area contributed by atoms with Gasteiger partial charge in [0.25, 0.3) is 0 Å². The zero-order valence-electron chi connectivity index (χ0n) is 13.0. The molecule has 2 aliphatic rings. The molecule has 2 fully saturated rings. The minimum atomic E-state index is 0.00769. The first-order valence-corrected chi connectivity index (χ1v) is 8.39. The van der Waals surface area contributed by atoms with E-state index in [2.05, 4.69) is 5.32 Å². The Kier molecular flexibility index (Phi) is 5.11. The molecule has 22 heavy (non-hydrogen) atoms. The molecule has 4 nitrogen and oxygen atoms in total. The molecular formula is C18H26N2O2. The third-order valence-corrected chi connectivity index (χ3v) is 5.05. The van der Waals surface area contributed by atoms with E-state index in [1.807, 2.05) is 30.3 Å². The zero-order valence-corrected chi connectivity index (χ0v) is 13.0. The summed E-state index contributed by atoms with van der Waals surface area (Å²) in [6.45, 7) is 0.619. The second kappa shape index (κ2) is 7.25. The Morgan fingerprint density at radius 2 is 1.86 bits per heavy atom. The number of hydrogen-bond donors (Lipinski definition) is 2. The van der Waals surface area contributed by atoms with Crippen molar-refractivity contribution < 1.29 is 9.53 Å². The topological polar surface area (TPSA) is 64.3 Å². The summed E-state index contributed by atoms with van der Waals surface area (Å²) in [6.07, 6.45) is 5.76. The minimum Gasteiger partial charge on any atom is -0.367 e. The lowest BCUT2D eigenvalue weighted by Crippen LogP contribution is -2.54. The molecule has 0 heterocycles. The van der Waals surface area contributed by atoms with E-state index in [0.717, 1.165) is 18.4 Å². The number of nitrogens with one attached hydrogen (secondary N) is 1. The quantitative estimate of drug-likeness (QED) is 0.876. The third-order valence-electron chi connectivity index (χ3n) is 5.05. The average molecular weight is 302 g/mol. The van der Waals surface area contributed by atoms with Gasteiger partial charge in [0.05, 0.1) is 6.61 Å². The molecule has 2 atom stereocenters. The van der Waals surface area contributed by atoms with Crippen LogP contribution < -0.4 is 11.1 Å². The Balaban J connectivity index is 1.45. The molecule has 3 rings (SSSR count). The highest BCUT2D eigenvalue weighted by Crippen LogP contribution is 2.39. The van der Waals surface area contributed by atoms with Crippen LogP contribution in [0.2, 0.25) is 0 Å². The summed E-state index contributed by atoms with van der Waals surface area (Å²) >= 11 is 0. The zero-order chi connectivity index (χ0) is 15.4. The Hall–Kier alpha value is -1.39. The van der Waals surface area contributed by atoms with E-state index in [9.17, 15) is 4.79 Å². The van der Waals surface area contributed by atoms with Crippen molar-refractivity contribution in [3.63, 3.8) is 0 Å². The van der Waals surface area contributed by atoms with Crippen molar-refractivity contribution in [3.05, 3.63) is 35.9 Å². The van der Waals surface area contributed by atoms with Crippen LogP contribution in [0.25, 0.3) is 0 Å². The predicted octanol–water partition coefficient (Wildman–Crippen LogP) is 2.23. The smallest absolute Gasteiger partial charge is 0.246 e. The van der Waals surface area contributed by atoms with Gasteiger partial charge in [-0.15, -0.1) is 0 Å². The summed E-state index contributed by atoms with van der Waals surface area (Å²) in [5, 5.41) is 3.21. The molecule has 2 aliphatic carbocycles. The maximum atomic E-state index is 12.1. The summed E-state index contributed by atoms with van der Waals surface area (Å²) in [4.78, 5) is 12.1. The molecule has 0 radical (unpaired) electrons. The van der Waals surface area contributed by atoms with E-state index < -0.39 is 0 Å². The van der Waals surface area contributed by atoms with Gasteiger partial charge in [-0.2, -0.15) is 0 Å². The van der Waals surface area contributed by atoms with Crippen LogP contribution in [-0.4, -0.2) is 24.6 Å². The van der Waals surface area contributed by atoms with Crippen molar-refractivity contribution >= 4 is 5.91 Å². The van der Waals surface area contributed by atoms with Crippen LogP contribution in [0.1, 0.15) is 37.7 Å². The molecule has 2 saturated carbocycles. The van der Waals surface area contributed by atoms with Gasteiger partial charge < -0.3 is 15.8 Å². The molecule has 120 valence electrons. The highest BCUT2D eigenvalue weighted by molar-refractivity contribution is 5.77. The predicted molar refractivity (Wildman–Crippen MR) is 86.1 cm³/mol. The first-order chi connectivity index (χ1) is 10.7. The van der Waals surface area contributed by atoms with Crippen molar-refractivity contribution in [2.24, 2.45) is 17.6 Å². The van der Waals surface area contributed by atoms with Crippen LogP contribution in [0.15, 0.2) is 30.3 Å². The van der Waals surface area contributed by atoms with E-state index in [4.69, 9.17) is 10.5 Å². The van der Waals surface area contributed by atoms with Gasteiger partial charge in [0.1, 0.15) is 6.61 Å². The van der Waals surface area contributed by atoms with Crippen molar-refractivity contribution in [3.8, 4) is 0 Å². The average Bonchev–Trinajstić information content (AvgIpc) is 2.49. The Morgan fingerprint density at radius 3 is 2.55 bits per heavy atom. The first kappa shape index (κ1) is 15.5. The number of carbonyl (C=O) groups excluding carboxylic acids is 1. The van der Waals surface area contributed by atoms with E-state index >= 15 is 0 Å². The molecule has 3 N–H and O–H groups in total. The highest BCUT2D eigenvalue weighted by Gasteiger charge is 2.39. The monoisotopic (exact) mass is 302 g/mol. The van der Waals surface area contributed by atoms with Crippen LogP contribution in [0, 0.1) is 11.8 Å². The second-order valence-electron chi connectivity index (χ2n) is 6.75. The number of hydrogen-bond acceptors (Lipinski definition) is 3. The largest absolute Gasteiger partial charge is 0.367 e. The summed E-state index contributed by atoms with van der Waals surface area (Å²) in [6, 6.07) is 10.6. The summed E-state index contributed by atoms with van der Waals surface area (Å²) in [7, 11) is 0. The van der Waals surface area contributed by atoms with Crippen molar-refractivity contribution in [2.45, 2.75) is 50.8 Å². The SMILES string of the molecule is NC1CC2CCCC(C1)C2NC(=O)COCc1ccccc1. The Morgan fingerprint density at radius 1 is 1.18 bits per heavy atom. The number of fused-ring (bicyclic) bond motifs is 2. The fourth-order valence-corrected chi connectivity index (χ4v) is 4.09. The van der Waals surface area contributed by atoms with Crippen molar-refractivity contribution in [1.82, 2.24) is 5.32 Å². The molecule has 0 aliphatic heterocycles. The lowest BCUT2D eigenvalue weighted by Gasteiger charge is -2.45. The fourth-order valence-electron chi connectivity index (χ4n) is 4.09. The van der Waals surface area contributed by atoms with E-state index in [-0.39, 0.29) is 12.5 Å². The molecule has 1 amide bonds. The molecule has 4 heteroatoms. The number of rotatable bonds is 5. The fraction of sp³-hybridized carbons (Fsp3) is 0.611. The van der Waals surface area contributed by atoms with Gasteiger partial charge in [-0.3, -0.25) is 4.79 Å². The molecule has 0 spiro atoms. The van der Waals surface area contributed by atoms with Gasteiger partial charge in [-0.25, -0.2) is 0 Å². The maximum absolute atomic E-state index is 12.1. The van der Waals surface area contributed by atoms with Crippen LogP contribution in [0.3, 0.4) is 0 Å². The van der Waals surface area contributed by atoms with Crippen LogP contribution in [0.5, 0.6) is 0 Å². The normalized spacial score (nSPS) is 30.8. The second-order valence-corrected chi connectivity index (χ2v) is 6.75. The van der Waals surface area contributed by atoms with E-state index in [1.54, 1.807) is 0 Å². The van der Waals surface area contributed by atoms with Gasteiger partial charge in [0.15, 0.2) is 0 Å². The van der Waals surface area contributed by atoms with E-state index in [1.165, 1.54) is 19.3 Å². The van der Waals surface area contributed by atoms with E-state index in [0.29, 0.717) is 30.5 Å². The van der Waals surface area contributed by atoms with Gasteiger partial charge in [-0.1, -0.05) is 36.8 Å². The standard InChI is InChI=1S/C18H26N2O2/c19-16-9-14-7-4-8-15(10-16)18(14)20-17(21)12-22-11-13-5-2-1-3-6-13/h1-3,5-6,14-16,18H,4,7-12,19H2,(H,20,21). The highest BCUT2D eigenvalue weighted by atomic mass is 16.5. The van der Waals surface area contributed by atoms with Crippen LogP contribution in [-0.2, 0) is 16.1 Å². The lowest BCUT2D eigenvalue weighted by molar-refractivity contribution is -0.128. The molecule has 0 saturated heterocycles. The summed E-state index contributed by atoms with van der Waals surface area (Å²) in [5.41, 5.74) is 7.22. The van der Waals surface area contributed by atoms with Crippen LogP contribution >= 0.6 is 0 Å². The number of nitrogens with two attached hydrogens (primary N) is 1. The number of carbonyl (C=O) groups is 1. The molecule has 2 unspecified atom stereocenters. The third kappa shape index (κ3) is 3.87. The maximum Gasteiger partial charge on any atom is 0.246 e. The first-order valence-electron chi connectivity index (χ1n) is 8.39. The van der Waals surface area contributed by atoms with Crippen molar-refractivity contribution in [1.29, 1.82) is 0 Å². The van der Waals surface area contributed by atoms with Gasteiger partial charge in [0, 0.05) is 12.1 Å². The summed E-state index contributed by atoms with van der Waals surface area (Å²) < 4.78 is 5.53. The Labute approximate surface area is 132 Å². The summed E-state index contributed by atoms with van der Waals surface area (Å²) in [5.74, 6) is 1.12. The van der Waals surface area contributed by atoms with Gasteiger partial charge in [-0.05, 0) is 43.1 Å². The lowest BCUT2D eigenvalue weighted by atomic mass is 9.67. The molecule has 2 bridgehead atoms. The number of ether oxygens (including phenoxy) is 1. The number of amides is 1. The molecule has 1 aromatic rings. The van der Waals surface area contributed by atoms with Gasteiger partial charge >= 0.3 is 0 Å².